The van der Waals surface area contributed by atoms with E-state index in [1.807, 2.05) is 13.2 Å². The Morgan fingerprint density at radius 3 is 2.50 bits per heavy atom. The van der Waals surface area contributed by atoms with E-state index in [1.54, 1.807) is 17.9 Å². The van der Waals surface area contributed by atoms with Crippen LogP contribution in [0.1, 0.15) is 23.6 Å². The van der Waals surface area contributed by atoms with Crippen molar-refractivity contribution in [3.63, 3.8) is 0 Å². The minimum absolute atomic E-state index is 0.0830. The highest BCUT2D eigenvalue weighted by Crippen LogP contribution is 2.27. The zero-order chi connectivity index (χ0) is 14.7. The second-order valence-electron chi connectivity index (χ2n) is 4.69. The van der Waals surface area contributed by atoms with Crippen LogP contribution in [0.4, 0.5) is 8.78 Å². The number of rotatable bonds is 5. The molecule has 2 rings (SSSR count). The molecule has 1 aromatic carbocycles. The lowest BCUT2D eigenvalue weighted by molar-refractivity contribution is 0.471. The topological polar surface area (TPSA) is 29.9 Å². The van der Waals surface area contributed by atoms with Crippen LogP contribution in [-0.4, -0.2) is 16.8 Å². The summed E-state index contributed by atoms with van der Waals surface area (Å²) in [6.45, 7) is 0. The Morgan fingerprint density at radius 1 is 1.35 bits per heavy atom. The first-order valence-electron chi connectivity index (χ1n) is 6.30. The molecule has 0 saturated carbocycles. The van der Waals surface area contributed by atoms with Crippen molar-refractivity contribution in [3.8, 4) is 0 Å². The van der Waals surface area contributed by atoms with E-state index in [2.05, 4.69) is 26.3 Å². The molecular weight excluding hydrogens is 328 g/mol. The van der Waals surface area contributed by atoms with E-state index in [0.29, 0.717) is 17.3 Å². The maximum absolute atomic E-state index is 14.0. The molecule has 0 aliphatic rings. The average molecular weight is 344 g/mol. The molecule has 0 bridgehead atoms. The van der Waals surface area contributed by atoms with Gasteiger partial charge in [-0.25, -0.2) is 8.78 Å². The number of nitrogens with zero attached hydrogens (tertiary/aromatic N) is 2. The fourth-order valence-corrected chi connectivity index (χ4v) is 2.63. The maximum Gasteiger partial charge on any atom is 0.132 e. The van der Waals surface area contributed by atoms with Crippen molar-refractivity contribution in [2.45, 2.75) is 18.9 Å². The summed E-state index contributed by atoms with van der Waals surface area (Å²) in [4.78, 5) is 0. The van der Waals surface area contributed by atoms with Crippen molar-refractivity contribution in [1.29, 1.82) is 0 Å². The fraction of sp³-hybridized carbons (Fsp3) is 0.357. The van der Waals surface area contributed by atoms with Gasteiger partial charge in [0.15, 0.2) is 0 Å². The second kappa shape index (κ2) is 6.45. The van der Waals surface area contributed by atoms with Crippen LogP contribution in [0.2, 0.25) is 0 Å². The summed E-state index contributed by atoms with van der Waals surface area (Å²) < 4.78 is 30.0. The summed E-state index contributed by atoms with van der Waals surface area (Å²) in [5.41, 5.74) is 1.13. The van der Waals surface area contributed by atoms with E-state index in [9.17, 15) is 8.78 Å². The number of halogens is 3. The van der Waals surface area contributed by atoms with Gasteiger partial charge in [-0.15, -0.1) is 0 Å². The van der Waals surface area contributed by atoms with E-state index < -0.39 is 11.6 Å². The number of nitrogens with one attached hydrogen (secondary N) is 1. The molecule has 108 valence electrons. The summed E-state index contributed by atoms with van der Waals surface area (Å²) in [6.07, 6.45) is 4.97. The van der Waals surface area contributed by atoms with E-state index >= 15 is 0 Å². The molecule has 20 heavy (non-hydrogen) atoms. The third-order valence-electron chi connectivity index (χ3n) is 3.22. The van der Waals surface area contributed by atoms with E-state index in [0.717, 1.165) is 5.56 Å². The molecule has 2 aromatic rings. The third kappa shape index (κ3) is 3.43. The van der Waals surface area contributed by atoms with Crippen LogP contribution in [0.25, 0.3) is 0 Å². The molecule has 1 unspecified atom stereocenters. The van der Waals surface area contributed by atoms with Crippen molar-refractivity contribution in [2.24, 2.45) is 7.05 Å². The number of hydrogen-bond acceptors (Lipinski definition) is 2. The number of benzene rings is 1. The number of aryl methyl sites for hydroxylation is 2. The van der Waals surface area contributed by atoms with Gasteiger partial charge in [-0.1, -0.05) is 15.9 Å². The smallest absolute Gasteiger partial charge is 0.132 e. The zero-order valence-corrected chi connectivity index (χ0v) is 12.9. The normalized spacial score (nSPS) is 12.7. The molecule has 1 aromatic heterocycles. The minimum atomic E-state index is -0.539. The van der Waals surface area contributed by atoms with Gasteiger partial charge in [0, 0.05) is 29.3 Å². The van der Waals surface area contributed by atoms with Crippen molar-refractivity contribution in [2.75, 3.05) is 7.05 Å². The van der Waals surface area contributed by atoms with Gasteiger partial charge in [-0.3, -0.25) is 4.68 Å². The standard InChI is InChI=1S/C14H16BrF2N3/c1-18-13(4-3-9-7-19-20(2)8-9)14-11(16)5-10(15)6-12(14)17/h5-8,13,18H,3-4H2,1-2H3. The van der Waals surface area contributed by atoms with Crippen LogP contribution in [0.5, 0.6) is 0 Å². The summed E-state index contributed by atoms with van der Waals surface area (Å²) in [7, 11) is 3.54. The summed E-state index contributed by atoms with van der Waals surface area (Å²) in [5.74, 6) is -1.08. The summed E-state index contributed by atoms with van der Waals surface area (Å²) in [5, 5.41) is 7.06. The lowest BCUT2D eigenvalue weighted by Gasteiger charge is -2.18. The molecule has 3 nitrogen and oxygen atoms in total. The van der Waals surface area contributed by atoms with Crippen molar-refractivity contribution in [1.82, 2.24) is 15.1 Å². The molecule has 0 saturated heterocycles. The van der Waals surface area contributed by atoms with Crippen LogP contribution >= 0.6 is 15.9 Å². The maximum atomic E-state index is 14.0. The van der Waals surface area contributed by atoms with Gasteiger partial charge in [0.1, 0.15) is 11.6 Å². The zero-order valence-electron chi connectivity index (χ0n) is 11.3. The van der Waals surface area contributed by atoms with Gasteiger partial charge in [0.05, 0.1) is 6.20 Å². The van der Waals surface area contributed by atoms with E-state index in [-0.39, 0.29) is 11.6 Å². The highest BCUT2D eigenvalue weighted by Gasteiger charge is 2.19. The van der Waals surface area contributed by atoms with E-state index in [1.165, 1.54) is 12.1 Å². The first-order valence-corrected chi connectivity index (χ1v) is 7.09. The second-order valence-corrected chi connectivity index (χ2v) is 5.60. The summed E-state index contributed by atoms with van der Waals surface area (Å²) >= 11 is 3.09. The van der Waals surface area contributed by atoms with Gasteiger partial charge in [0.2, 0.25) is 0 Å². The van der Waals surface area contributed by atoms with Crippen LogP contribution in [0, 0.1) is 11.6 Å². The monoisotopic (exact) mass is 343 g/mol. The van der Waals surface area contributed by atoms with Crippen molar-refractivity contribution >= 4 is 15.9 Å². The van der Waals surface area contributed by atoms with Crippen molar-refractivity contribution < 1.29 is 8.78 Å². The highest BCUT2D eigenvalue weighted by molar-refractivity contribution is 9.10. The van der Waals surface area contributed by atoms with Crippen LogP contribution in [0.15, 0.2) is 29.0 Å². The Balaban J connectivity index is 2.16. The molecule has 0 fully saturated rings. The number of hydrogen-bond donors (Lipinski definition) is 1. The highest BCUT2D eigenvalue weighted by atomic mass is 79.9. The molecule has 0 aliphatic heterocycles. The van der Waals surface area contributed by atoms with Crippen LogP contribution < -0.4 is 5.32 Å². The Kier molecular flexibility index (Phi) is 4.88. The predicted molar refractivity (Wildman–Crippen MR) is 77.4 cm³/mol. The van der Waals surface area contributed by atoms with Gasteiger partial charge >= 0.3 is 0 Å². The quantitative estimate of drug-likeness (QED) is 0.902. The van der Waals surface area contributed by atoms with Gasteiger partial charge in [-0.2, -0.15) is 5.10 Å². The molecule has 0 aliphatic carbocycles. The van der Waals surface area contributed by atoms with Crippen LogP contribution in [0.3, 0.4) is 0 Å². The average Bonchev–Trinajstić information content (AvgIpc) is 2.78. The summed E-state index contributed by atoms with van der Waals surface area (Å²) in [6, 6.07) is 2.20. The lowest BCUT2D eigenvalue weighted by Crippen LogP contribution is -2.20. The SMILES string of the molecule is CNC(CCc1cnn(C)c1)c1c(F)cc(Br)cc1F. The Hall–Kier alpha value is -1.27. The molecule has 0 radical (unpaired) electrons. The molecule has 0 spiro atoms. The molecule has 1 N–H and O–H groups in total. The molecular formula is C14H16BrF2N3. The van der Waals surface area contributed by atoms with E-state index in [4.69, 9.17) is 0 Å². The number of aromatic nitrogens is 2. The molecule has 6 heteroatoms. The van der Waals surface area contributed by atoms with Gasteiger partial charge in [0.25, 0.3) is 0 Å². The first kappa shape index (κ1) is 15.1. The van der Waals surface area contributed by atoms with Crippen LogP contribution in [-0.2, 0) is 13.5 Å². The fourth-order valence-electron chi connectivity index (χ4n) is 2.23. The van der Waals surface area contributed by atoms with Gasteiger partial charge in [-0.05, 0) is 37.6 Å². The van der Waals surface area contributed by atoms with Crippen molar-refractivity contribution in [3.05, 3.63) is 51.8 Å². The molecule has 1 heterocycles. The minimum Gasteiger partial charge on any atom is -0.313 e. The Labute approximate surface area is 125 Å². The predicted octanol–water partition coefficient (Wildman–Crippen LogP) is 3.35. The Bertz CT molecular complexity index is 575. The first-order chi connectivity index (χ1) is 9.51. The Morgan fingerprint density at radius 2 is 2.00 bits per heavy atom. The third-order valence-corrected chi connectivity index (χ3v) is 3.68. The molecule has 0 amide bonds. The largest absolute Gasteiger partial charge is 0.313 e. The lowest BCUT2D eigenvalue weighted by atomic mass is 9.99. The van der Waals surface area contributed by atoms with Gasteiger partial charge < -0.3 is 5.32 Å². The molecule has 1 atom stereocenters.